The summed E-state index contributed by atoms with van der Waals surface area (Å²) in [5.74, 6) is 0.722. The zero-order valence-corrected chi connectivity index (χ0v) is 13.2. The van der Waals surface area contributed by atoms with Crippen LogP contribution in [0.15, 0.2) is 42.5 Å². The van der Waals surface area contributed by atoms with Crippen molar-refractivity contribution in [3.8, 4) is 5.75 Å². The molecule has 112 valence electrons. The maximum absolute atomic E-state index is 6.17. The van der Waals surface area contributed by atoms with E-state index in [1.54, 1.807) is 0 Å². The lowest BCUT2D eigenvalue weighted by atomic mass is 10.1. The van der Waals surface area contributed by atoms with Gasteiger partial charge in [0.15, 0.2) is 0 Å². The second-order valence-electron chi connectivity index (χ2n) is 4.99. The summed E-state index contributed by atoms with van der Waals surface area (Å²) in [6.07, 6.45) is 0.954. The first-order valence-electron chi connectivity index (χ1n) is 7.15. The molecule has 0 saturated carbocycles. The minimum atomic E-state index is 0.104. The Morgan fingerprint density at radius 1 is 1.24 bits per heavy atom. The Balaban J connectivity index is 2.15. The van der Waals surface area contributed by atoms with Crippen molar-refractivity contribution in [1.82, 2.24) is 0 Å². The van der Waals surface area contributed by atoms with Gasteiger partial charge in [0.25, 0.3) is 0 Å². The molecular weight excluding hydrogens is 284 g/mol. The molecule has 4 heteroatoms. The van der Waals surface area contributed by atoms with Crippen LogP contribution in [-0.2, 0) is 0 Å². The van der Waals surface area contributed by atoms with E-state index in [9.17, 15) is 0 Å². The molecule has 0 amide bonds. The van der Waals surface area contributed by atoms with Crippen LogP contribution in [-0.4, -0.2) is 6.61 Å². The normalized spacial score (nSPS) is 12.0. The van der Waals surface area contributed by atoms with E-state index in [0.717, 1.165) is 28.4 Å². The molecule has 0 fully saturated rings. The van der Waals surface area contributed by atoms with Gasteiger partial charge in [0, 0.05) is 11.1 Å². The molecule has 3 N–H and O–H groups in total. The predicted octanol–water partition coefficient (Wildman–Crippen LogP) is 4.88. The van der Waals surface area contributed by atoms with Gasteiger partial charge >= 0.3 is 0 Å². The minimum Gasteiger partial charge on any atom is -0.491 e. The summed E-state index contributed by atoms with van der Waals surface area (Å²) in [7, 11) is 0. The Morgan fingerprint density at radius 2 is 2.00 bits per heavy atom. The van der Waals surface area contributed by atoms with E-state index in [0.29, 0.717) is 12.3 Å². The van der Waals surface area contributed by atoms with Crippen LogP contribution in [0, 0.1) is 0 Å². The van der Waals surface area contributed by atoms with Gasteiger partial charge in [0.2, 0.25) is 0 Å². The summed E-state index contributed by atoms with van der Waals surface area (Å²) >= 11 is 6.03. The molecule has 3 nitrogen and oxygen atoms in total. The number of nitrogens with one attached hydrogen (secondary N) is 1. The molecule has 0 saturated heterocycles. The predicted molar refractivity (Wildman–Crippen MR) is 90.1 cm³/mol. The lowest BCUT2D eigenvalue weighted by Crippen LogP contribution is -2.09. The van der Waals surface area contributed by atoms with Crippen molar-refractivity contribution in [2.24, 2.45) is 0 Å². The standard InChI is InChI=1S/C17H21ClN2O/c1-3-10-21-16-9-5-8-15(17(16)19)20-12(2)13-6-4-7-14(18)11-13/h4-9,11-12,20H,3,10,19H2,1-2H3. The number of anilines is 2. The van der Waals surface area contributed by atoms with Gasteiger partial charge in [-0.15, -0.1) is 0 Å². The largest absolute Gasteiger partial charge is 0.491 e. The summed E-state index contributed by atoms with van der Waals surface area (Å²) in [4.78, 5) is 0. The highest BCUT2D eigenvalue weighted by Gasteiger charge is 2.10. The molecule has 0 bridgehead atoms. The van der Waals surface area contributed by atoms with E-state index in [1.807, 2.05) is 42.5 Å². The third-order valence-corrected chi connectivity index (χ3v) is 3.48. The first-order valence-corrected chi connectivity index (χ1v) is 7.53. The number of benzene rings is 2. The van der Waals surface area contributed by atoms with Crippen LogP contribution in [0.4, 0.5) is 11.4 Å². The summed E-state index contributed by atoms with van der Waals surface area (Å²) in [6, 6.07) is 13.7. The molecule has 0 aliphatic rings. The molecule has 0 spiro atoms. The fraction of sp³-hybridized carbons (Fsp3) is 0.294. The molecular formula is C17H21ClN2O. The van der Waals surface area contributed by atoms with Crippen LogP contribution in [0.1, 0.15) is 31.9 Å². The van der Waals surface area contributed by atoms with Crippen LogP contribution in [0.2, 0.25) is 5.02 Å². The maximum Gasteiger partial charge on any atom is 0.144 e. The summed E-state index contributed by atoms with van der Waals surface area (Å²) < 4.78 is 5.65. The quantitative estimate of drug-likeness (QED) is 0.747. The van der Waals surface area contributed by atoms with Crippen molar-refractivity contribution in [2.75, 3.05) is 17.7 Å². The molecule has 0 radical (unpaired) electrons. The third-order valence-electron chi connectivity index (χ3n) is 3.25. The zero-order chi connectivity index (χ0) is 15.2. The Bertz CT molecular complexity index is 601. The van der Waals surface area contributed by atoms with Gasteiger partial charge in [0.1, 0.15) is 5.75 Å². The van der Waals surface area contributed by atoms with E-state index in [-0.39, 0.29) is 6.04 Å². The Morgan fingerprint density at radius 3 is 2.71 bits per heavy atom. The molecule has 2 aromatic carbocycles. The van der Waals surface area contributed by atoms with Crippen molar-refractivity contribution < 1.29 is 4.74 Å². The molecule has 1 atom stereocenters. The average Bonchev–Trinajstić information content (AvgIpc) is 2.48. The highest BCUT2D eigenvalue weighted by molar-refractivity contribution is 6.30. The zero-order valence-electron chi connectivity index (χ0n) is 12.4. The van der Waals surface area contributed by atoms with Gasteiger partial charge in [-0.25, -0.2) is 0 Å². The van der Waals surface area contributed by atoms with Crippen molar-refractivity contribution in [3.05, 3.63) is 53.1 Å². The highest BCUT2D eigenvalue weighted by Crippen LogP contribution is 2.32. The van der Waals surface area contributed by atoms with Crippen LogP contribution in [0.3, 0.4) is 0 Å². The third kappa shape index (κ3) is 4.05. The minimum absolute atomic E-state index is 0.104. The van der Waals surface area contributed by atoms with Crippen LogP contribution in [0.25, 0.3) is 0 Å². The van der Waals surface area contributed by atoms with Gasteiger partial charge in [-0.2, -0.15) is 0 Å². The van der Waals surface area contributed by atoms with Crippen LogP contribution in [0.5, 0.6) is 5.75 Å². The van der Waals surface area contributed by atoms with Crippen molar-refractivity contribution >= 4 is 23.0 Å². The monoisotopic (exact) mass is 304 g/mol. The number of ether oxygens (including phenoxy) is 1. The van der Waals surface area contributed by atoms with Crippen molar-refractivity contribution in [2.45, 2.75) is 26.3 Å². The van der Waals surface area contributed by atoms with Gasteiger partial charge in [-0.3, -0.25) is 0 Å². The fourth-order valence-electron chi connectivity index (χ4n) is 2.10. The number of para-hydroxylation sites is 1. The second-order valence-corrected chi connectivity index (χ2v) is 5.42. The first-order chi connectivity index (χ1) is 10.1. The number of nitrogen functional groups attached to an aromatic ring is 1. The van der Waals surface area contributed by atoms with Gasteiger partial charge in [-0.1, -0.05) is 36.7 Å². The Hall–Kier alpha value is -1.87. The number of hydrogen-bond donors (Lipinski definition) is 2. The fourth-order valence-corrected chi connectivity index (χ4v) is 2.30. The molecule has 0 heterocycles. The van der Waals surface area contributed by atoms with E-state index in [1.165, 1.54) is 0 Å². The van der Waals surface area contributed by atoms with Crippen molar-refractivity contribution in [1.29, 1.82) is 0 Å². The summed E-state index contributed by atoms with van der Waals surface area (Å²) in [5, 5.41) is 4.14. The Labute approximate surface area is 131 Å². The second kappa shape index (κ2) is 7.23. The lowest BCUT2D eigenvalue weighted by Gasteiger charge is -2.19. The number of hydrogen-bond acceptors (Lipinski definition) is 3. The number of rotatable bonds is 6. The maximum atomic E-state index is 6.17. The number of halogens is 1. The molecule has 2 rings (SSSR count). The van der Waals surface area contributed by atoms with Gasteiger partial charge < -0.3 is 15.8 Å². The lowest BCUT2D eigenvalue weighted by molar-refractivity contribution is 0.319. The topological polar surface area (TPSA) is 47.3 Å². The average molecular weight is 305 g/mol. The molecule has 21 heavy (non-hydrogen) atoms. The Kier molecular flexibility index (Phi) is 5.34. The highest BCUT2D eigenvalue weighted by atomic mass is 35.5. The summed E-state index contributed by atoms with van der Waals surface area (Å²) in [6.45, 7) is 4.81. The first kappa shape index (κ1) is 15.5. The van der Waals surface area contributed by atoms with E-state index >= 15 is 0 Å². The molecule has 0 aromatic heterocycles. The van der Waals surface area contributed by atoms with E-state index < -0.39 is 0 Å². The van der Waals surface area contributed by atoms with E-state index in [2.05, 4.69) is 19.2 Å². The SMILES string of the molecule is CCCOc1cccc(NC(C)c2cccc(Cl)c2)c1N. The van der Waals surface area contributed by atoms with Crippen LogP contribution >= 0.6 is 11.6 Å². The number of nitrogens with two attached hydrogens (primary N) is 1. The molecule has 0 aliphatic carbocycles. The molecule has 0 aliphatic heterocycles. The van der Waals surface area contributed by atoms with Gasteiger partial charge in [0.05, 0.1) is 18.0 Å². The molecule has 2 aromatic rings. The molecule has 1 unspecified atom stereocenters. The summed E-state index contributed by atoms with van der Waals surface area (Å²) in [5.41, 5.74) is 8.79. The van der Waals surface area contributed by atoms with Crippen molar-refractivity contribution in [3.63, 3.8) is 0 Å². The van der Waals surface area contributed by atoms with Gasteiger partial charge in [-0.05, 0) is 43.2 Å². The van der Waals surface area contributed by atoms with E-state index in [4.69, 9.17) is 22.1 Å². The van der Waals surface area contributed by atoms with Crippen LogP contribution < -0.4 is 15.8 Å². The smallest absolute Gasteiger partial charge is 0.144 e.